The van der Waals surface area contributed by atoms with E-state index in [1.54, 1.807) is 0 Å². The second kappa shape index (κ2) is 5.22. The topological polar surface area (TPSA) is 26.0 Å². The molecular weight excluding hydrogens is 242 g/mol. The monoisotopic (exact) mass is 259 g/mol. The highest BCUT2D eigenvalue weighted by atomic mass is 14.6. The van der Waals surface area contributed by atoms with Crippen molar-refractivity contribution in [2.45, 2.75) is 6.92 Å². The van der Waals surface area contributed by atoms with E-state index in [9.17, 15) is 0 Å². The number of benzene rings is 3. The summed E-state index contributed by atoms with van der Waals surface area (Å²) in [5.41, 5.74) is 13.0. The van der Waals surface area contributed by atoms with E-state index in [0.717, 1.165) is 16.8 Å². The van der Waals surface area contributed by atoms with Crippen LogP contribution in [0, 0.1) is 6.92 Å². The molecule has 0 aromatic heterocycles. The zero-order valence-electron chi connectivity index (χ0n) is 11.5. The number of aryl methyl sites for hydroxylation is 1. The van der Waals surface area contributed by atoms with Crippen molar-refractivity contribution in [1.82, 2.24) is 0 Å². The summed E-state index contributed by atoms with van der Waals surface area (Å²) < 4.78 is 0. The molecule has 2 N–H and O–H groups in total. The summed E-state index contributed by atoms with van der Waals surface area (Å²) in [4.78, 5) is 0. The highest BCUT2D eigenvalue weighted by molar-refractivity contribution is 5.83. The Morgan fingerprint density at radius 2 is 1.15 bits per heavy atom. The molecule has 0 spiro atoms. The Kier molecular flexibility index (Phi) is 3.26. The number of nitrogens with two attached hydrogens (primary N) is 1. The summed E-state index contributed by atoms with van der Waals surface area (Å²) in [5, 5.41) is 0. The Bertz CT molecular complexity index is 650. The Balaban J connectivity index is 2.13. The van der Waals surface area contributed by atoms with Crippen LogP contribution in [0.5, 0.6) is 0 Å². The Morgan fingerprint density at radius 1 is 0.650 bits per heavy atom. The maximum Gasteiger partial charge on any atom is 0.0400 e. The first-order chi connectivity index (χ1) is 9.75. The van der Waals surface area contributed by atoms with Gasteiger partial charge in [-0.15, -0.1) is 0 Å². The Labute approximate surface area is 119 Å². The van der Waals surface area contributed by atoms with Crippen molar-refractivity contribution in [3.8, 4) is 22.3 Å². The van der Waals surface area contributed by atoms with Gasteiger partial charge < -0.3 is 5.73 Å². The molecule has 0 aliphatic rings. The predicted octanol–water partition coefficient (Wildman–Crippen LogP) is 4.91. The fourth-order valence-electron chi connectivity index (χ4n) is 2.52. The van der Waals surface area contributed by atoms with E-state index in [1.165, 1.54) is 16.7 Å². The van der Waals surface area contributed by atoms with Crippen LogP contribution in [0.25, 0.3) is 22.3 Å². The van der Waals surface area contributed by atoms with Gasteiger partial charge in [0.2, 0.25) is 0 Å². The van der Waals surface area contributed by atoms with Crippen LogP contribution in [-0.4, -0.2) is 0 Å². The van der Waals surface area contributed by atoms with Gasteiger partial charge in [0.15, 0.2) is 0 Å². The first-order valence-electron chi connectivity index (χ1n) is 6.76. The molecule has 0 bridgehead atoms. The molecule has 0 saturated heterocycles. The van der Waals surface area contributed by atoms with Crippen molar-refractivity contribution < 1.29 is 0 Å². The highest BCUT2D eigenvalue weighted by Crippen LogP contribution is 2.33. The maximum atomic E-state index is 6.26. The zero-order valence-corrected chi connectivity index (χ0v) is 11.5. The van der Waals surface area contributed by atoms with Gasteiger partial charge in [-0.25, -0.2) is 0 Å². The van der Waals surface area contributed by atoms with Gasteiger partial charge in [-0.05, 0) is 41.3 Å². The van der Waals surface area contributed by atoms with Crippen molar-refractivity contribution in [2.24, 2.45) is 0 Å². The van der Waals surface area contributed by atoms with Crippen molar-refractivity contribution in [3.63, 3.8) is 0 Å². The van der Waals surface area contributed by atoms with Gasteiger partial charge in [-0.2, -0.15) is 0 Å². The summed E-state index contributed by atoms with van der Waals surface area (Å²) in [5.74, 6) is 0. The fourth-order valence-corrected chi connectivity index (χ4v) is 2.52. The van der Waals surface area contributed by atoms with Crippen LogP contribution in [-0.2, 0) is 0 Å². The summed E-state index contributed by atoms with van der Waals surface area (Å²) in [6.45, 7) is 2.13. The van der Waals surface area contributed by atoms with E-state index in [1.807, 2.05) is 24.3 Å². The zero-order chi connectivity index (χ0) is 13.9. The molecule has 98 valence electrons. The van der Waals surface area contributed by atoms with Crippen LogP contribution >= 0.6 is 0 Å². The summed E-state index contributed by atoms with van der Waals surface area (Å²) in [7, 11) is 0. The van der Waals surface area contributed by atoms with Crippen LogP contribution in [0.1, 0.15) is 5.56 Å². The van der Waals surface area contributed by atoms with E-state index in [2.05, 4.69) is 55.5 Å². The molecule has 0 heterocycles. The number of nitrogen functional groups attached to an aromatic ring is 1. The van der Waals surface area contributed by atoms with Crippen LogP contribution < -0.4 is 5.73 Å². The molecule has 0 saturated carbocycles. The Hall–Kier alpha value is -2.54. The largest absolute Gasteiger partial charge is 0.398 e. The molecule has 3 rings (SSSR count). The molecule has 3 aromatic carbocycles. The van der Waals surface area contributed by atoms with Crippen LogP contribution in [0.15, 0.2) is 72.8 Å². The average Bonchev–Trinajstić information content (AvgIpc) is 2.51. The number of hydrogen-bond donors (Lipinski definition) is 1. The molecule has 0 fully saturated rings. The van der Waals surface area contributed by atoms with Crippen molar-refractivity contribution in [3.05, 3.63) is 78.4 Å². The van der Waals surface area contributed by atoms with Crippen LogP contribution in [0.4, 0.5) is 5.69 Å². The lowest BCUT2D eigenvalue weighted by Crippen LogP contribution is -1.94. The molecular formula is C19H17N. The third kappa shape index (κ3) is 2.30. The molecule has 0 radical (unpaired) electrons. The average molecular weight is 259 g/mol. The molecule has 1 heteroatoms. The van der Waals surface area contributed by atoms with Crippen LogP contribution in [0.3, 0.4) is 0 Å². The van der Waals surface area contributed by atoms with E-state index in [0.29, 0.717) is 0 Å². The minimum absolute atomic E-state index is 0.820. The third-order valence-corrected chi connectivity index (χ3v) is 3.57. The second-order valence-electron chi connectivity index (χ2n) is 4.99. The van der Waals surface area contributed by atoms with E-state index >= 15 is 0 Å². The second-order valence-corrected chi connectivity index (χ2v) is 4.99. The third-order valence-electron chi connectivity index (χ3n) is 3.57. The van der Waals surface area contributed by atoms with Gasteiger partial charge in [0.1, 0.15) is 0 Å². The number of anilines is 1. The van der Waals surface area contributed by atoms with Gasteiger partial charge >= 0.3 is 0 Å². The normalized spacial score (nSPS) is 10.4. The summed E-state index contributed by atoms with van der Waals surface area (Å²) in [6.07, 6.45) is 0. The summed E-state index contributed by atoms with van der Waals surface area (Å²) in [6, 6.07) is 24.9. The van der Waals surface area contributed by atoms with E-state index in [4.69, 9.17) is 5.73 Å². The summed E-state index contributed by atoms with van der Waals surface area (Å²) >= 11 is 0. The van der Waals surface area contributed by atoms with Gasteiger partial charge in [0.05, 0.1) is 0 Å². The van der Waals surface area contributed by atoms with Crippen molar-refractivity contribution in [2.75, 3.05) is 5.73 Å². The molecule has 20 heavy (non-hydrogen) atoms. The molecule has 0 amide bonds. The molecule has 0 atom stereocenters. The van der Waals surface area contributed by atoms with Gasteiger partial charge in [-0.3, -0.25) is 0 Å². The first-order valence-corrected chi connectivity index (χ1v) is 6.76. The minimum atomic E-state index is 0.820. The lowest BCUT2D eigenvalue weighted by Gasteiger charge is -2.12. The van der Waals surface area contributed by atoms with E-state index in [-0.39, 0.29) is 0 Å². The molecule has 1 nitrogen and oxygen atoms in total. The van der Waals surface area contributed by atoms with Crippen molar-refractivity contribution in [1.29, 1.82) is 0 Å². The lowest BCUT2D eigenvalue weighted by molar-refractivity contribution is 1.45. The predicted molar refractivity (Wildman–Crippen MR) is 86.5 cm³/mol. The minimum Gasteiger partial charge on any atom is -0.398 e. The molecule has 0 aliphatic carbocycles. The quantitative estimate of drug-likeness (QED) is 0.650. The highest BCUT2D eigenvalue weighted by Gasteiger charge is 2.08. The van der Waals surface area contributed by atoms with E-state index < -0.39 is 0 Å². The number of rotatable bonds is 2. The molecule has 0 aliphatic heterocycles. The van der Waals surface area contributed by atoms with Gasteiger partial charge in [0, 0.05) is 11.3 Å². The van der Waals surface area contributed by atoms with Gasteiger partial charge in [-0.1, -0.05) is 60.7 Å². The molecule has 3 aromatic rings. The van der Waals surface area contributed by atoms with Crippen LogP contribution in [0.2, 0.25) is 0 Å². The van der Waals surface area contributed by atoms with Gasteiger partial charge in [0.25, 0.3) is 0 Å². The smallest absolute Gasteiger partial charge is 0.0400 e. The Morgan fingerprint density at radius 3 is 1.70 bits per heavy atom. The SMILES string of the molecule is Cc1cc(-c2ccccc2)c(N)cc1-c1ccccc1. The number of hydrogen-bond acceptors (Lipinski definition) is 1. The lowest BCUT2D eigenvalue weighted by atomic mass is 9.94. The van der Waals surface area contributed by atoms with Crippen molar-refractivity contribution >= 4 is 5.69 Å². The molecule has 0 unspecified atom stereocenters. The standard InChI is InChI=1S/C19H17N/c1-14-12-18(16-10-6-3-7-11-16)19(20)13-17(14)15-8-4-2-5-9-15/h2-13H,20H2,1H3. The maximum absolute atomic E-state index is 6.26. The first kappa shape index (κ1) is 12.5. The fraction of sp³-hybridized carbons (Fsp3) is 0.0526.